The van der Waals surface area contributed by atoms with Crippen LogP contribution in [0.2, 0.25) is 0 Å². The van der Waals surface area contributed by atoms with Crippen molar-refractivity contribution >= 4 is 17.7 Å². The Morgan fingerprint density at radius 1 is 1.06 bits per heavy atom. The summed E-state index contributed by atoms with van der Waals surface area (Å²) < 4.78 is 10.2. The maximum absolute atomic E-state index is 13.4. The fourth-order valence-corrected chi connectivity index (χ4v) is 8.67. The molecule has 3 saturated carbocycles. The second-order valence-electron chi connectivity index (χ2n) is 9.92. The SMILES string of the molecule is COC(=O)N1c2ccccc2[C@@]23CCN4CC[C@H](O)[C@@]5(CC[C@]12[C@](O)(C(=O)OC)[C@H]5O)[C@H]43. The lowest BCUT2D eigenvalue weighted by Gasteiger charge is -2.74. The van der Waals surface area contributed by atoms with Crippen LogP contribution in [0, 0.1) is 5.41 Å². The van der Waals surface area contributed by atoms with Crippen LogP contribution in [-0.4, -0.2) is 89.0 Å². The Hall–Kier alpha value is -2.20. The van der Waals surface area contributed by atoms with Gasteiger partial charge in [-0.3, -0.25) is 9.80 Å². The topological polar surface area (TPSA) is 120 Å². The van der Waals surface area contributed by atoms with Crippen LogP contribution < -0.4 is 4.90 Å². The molecule has 1 aromatic carbocycles. The molecule has 6 aliphatic rings. The van der Waals surface area contributed by atoms with Crippen molar-refractivity contribution in [2.75, 3.05) is 32.2 Å². The maximum Gasteiger partial charge on any atom is 0.414 e. The number of amides is 1. The zero-order chi connectivity index (χ0) is 22.7. The van der Waals surface area contributed by atoms with E-state index in [-0.39, 0.29) is 12.5 Å². The first kappa shape index (κ1) is 20.4. The van der Waals surface area contributed by atoms with Gasteiger partial charge in [0.05, 0.1) is 26.0 Å². The second kappa shape index (κ2) is 6.02. The second-order valence-corrected chi connectivity index (χ2v) is 9.92. The Morgan fingerprint density at radius 2 is 1.81 bits per heavy atom. The zero-order valence-corrected chi connectivity index (χ0v) is 18.2. The third kappa shape index (κ3) is 1.69. The van der Waals surface area contributed by atoms with Crippen LogP contribution in [0.25, 0.3) is 0 Å². The molecule has 3 aliphatic carbocycles. The van der Waals surface area contributed by atoms with E-state index in [2.05, 4.69) is 4.90 Å². The van der Waals surface area contributed by atoms with Gasteiger partial charge < -0.3 is 24.8 Å². The molecular weight excluding hydrogens is 416 g/mol. The number of aliphatic hydroxyl groups excluding tert-OH is 2. The van der Waals surface area contributed by atoms with Gasteiger partial charge in [-0.05, 0) is 43.9 Å². The number of piperidine rings is 1. The molecule has 3 N–H and O–H groups in total. The summed E-state index contributed by atoms with van der Waals surface area (Å²) in [6.45, 7) is 1.32. The van der Waals surface area contributed by atoms with Gasteiger partial charge in [-0.2, -0.15) is 0 Å². The number of esters is 1. The molecular formula is C23H28N2O7. The van der Waals surface area contributed by atoms with E-state index in [4.69, 9.17) is 9.47 Å². The van der Waals surface area contributed by atoms with Crippen molar-refractivity contribution in [1.29, 1.82) is 0 Å². The van der Waals surface area contributed by atoms with Crippen molar-refractivity contribution in [1.82, 2.24) is 4.90 Å². The van der Waals surface area contributed by atoms with E-state index >= 15 is 0 Å². The molecule has 0 aromatic heterocycles. The smallest absolute Gasteiger partial charge is 0.414 e. The number of benzene rings is 1. The lowest BCUT2D eigenvalue weighted by Crippen LogP contribution is -2.92. The lowest BCUT2D eigenvalue weighted by atomic mass is 9.35. The summed E-state index contributed by atoms with van der Waals surface area (Å²) >= 11 is 0. The highest BCUT2D eigenvalue weighted by atomic mass is 16.6. The Morgan fingerprint density at radius 3 is 2.53 bits per heavy atom. The molecule has 2 bridgehead atoms. The Labute approximate surface area is 185 Å². The first-order valence-electron chi connectivity index (χ1n) is 11.2. The van der Waals surface area contributed by atoms with Gasteiger partial charge in [0.15, 0.2) is 0 Å². The number of carbonyl (C=O) groups is 2. The first-order valence-corrected chi connectivity index (χ1v) is 11.2. The third-order valence-electron chi connectivity index (χ3n) is 9.50. The molecule has 9 nitrogen and oxygen atoms in total. The van der Waals surface area contributed by atoms with Gasteiger partial charge in [0.1, 0.15) is 11.6 Å². The normalized spacial score (nSPS) is 45.8. The van der Waals surface area contributed by atoms with Crippen LogP contribution in [0.15, 0.2) is 24.3 Å². The van der Waals surface area contributed by atoms with Gasteiger partial charge in [-0.1, -0.05) is 18.2 Å². The molecule has 32 heavy (non-hydrogen) atoms. The number of anilines is 1. The highest BCUT2D eigenvalue weighted by Crippen LogP contribution is 2.76. The van der Waals surface area contributed by atoms with E-state index in [0.717, 1.165) is 12.7 Å². The van der Waals surface area contributed by atoms with Crippen LogP contribution in [0.5, 0.6) is 0 Å². The fraction of sp³-hybridized carbons (Fsp3) is 0.652. The summed E-state index contributed by atoms with van der Waals surface area (Å²) in [5.41, 5.74) is -4.56. The van der Waals surface area contributed by atoms with Gasteiger partial charge >= 0.3 is 12.1 Å². The van der Waals surface area contributed by atoms with Gasteiger partial charge in [0.25, 0.3) is 0 Å². The number of ether oxygens (including phenoxy) is 2. The first-order chi connectivity index (χ1) is 15.3. The molecule has 3 spiro atoms. The number of hydrogen-bond acceptors (Lipinski definition) is 8. The number of fused-ring (bicyclic) bond motifs is 3. The van der Waals surface area contributed by atoms with Crippen molar-refractivity contribution in [3.8, 4) is 0 Å². The molecule has 9 heteroatoms. The van der Waals surface area contributed by atoms with E-state index in [1.165, 1.54) is 12.0 Å². The summed E-state index contributed by atoms with van der Waals surface area (Å²) in [5.74, 6) is -1.00. The standard InChI is InChI=1S/C23H28N2O7/c1-31-18(28)23(30)17(27)20-8-9-22(23)21(10-12-24(16(20)21)11-7-15(20)26)13-5-3-4-6-14(13)25(22)19(29)32-2/h3-6,15-17,26-27,30H,7-12H2,1-2H3/t15-,16-,17-,20-,21+,22-,23+/m0/s1. The lowest BCUT2D eigenvalue weighted by molar-refractivity contribution is -0.301. The van der Waals surface area contributed by atoms with Gasteiger partial charge in [0.2, 0.25) is 5.60 Å². The maximum atomic E-state index is 13.4. The molecule has 1 amide bonds. The van der Waals surface area contributed by atoms with Crippen LogP contribution in [0.1, 0.15) is 31.2 Å². The molecule has 2 saturated heterocycles. The van der Waals surface area contributed by atoms with E-state index < -0.39 is 46.2 Å². The Bertz CT molecular complexity index is 1030. The zero-order valence-electron chi connectivity index (χ0n) is 18.2. The van der Waals surface area contributed by atoms with Gasteiger partial charge in [-0.25, -0.2) is 9.59 Å². The van der Waals surface area contributed by atoms with Gasteiger partial charge in [-0.15, -0.1) is 0 Å². The van der Waals surface area contributed by atoms with E-state index in [1.807, 2.05) is 12.1 Å². The summed E-state index contributed by atoms with van der Waals surface area (Å²) in [5, 5.41) is 35.5. The fourth-order valence-electron chi connectivity index (χ4n) is 8.67. The summed E-state index contributed by atoms with van der Waals surface area (Å²) in [4.78, 5) is 30.3. The van der Waals surface area contributed by atoms with Crippen molar-refractivity contribution in [3.05, 3.63) is 29.8 Å². The van der Waals surface area contributed by atoms with Crippen molar-refractivity contribution in [3.63, 3.8) is 0 Å². The monoisotopic (exact) mass is 444 g/mol. The van der Waals surface area contributed by atoms with Crippen LogP contribution in [0.4, 0.5) is 10.5 Å². The average Bonchev–Trinajstić information content (AvgIpc) is 3.34. The van der Waals surface area contributed by atoms with Gasteiger partial charge in [0, 0.05) is 23.4 Å². The summed E-state index contributed by atoms with van der Waals surface area (Å²) in [7, 11) is 2.43. The third-order valence-corrected chi connectivity index (χ3v) is 9.50. The predicted octanol–water partition coefficient (Wildman–Crippen LogP) is 0.147. The Kier molecular flexibility index (Phi) is 3.84. The minimum absolute atomic E-state index is 0.223. The number of nitrogens with zero attached hydrogens (tertiary/aromatic N) is 2. The molecule has 5 fully saturated rings. The average molecular weight is 444 g/mol. The largest absolute Gasteiger partial charge is 0.467 e. The van der Waals surface area contributed by atoms with Crippen molar-refractivity contribution < 1.29 is 34.4 Å². The molecule has 0 radical (unpaired) electrons. The molecule has 7 rings (SSSR count). The quantitative estimate of drug-likeness (QED) is 0.524. The summed E-state index contributed by atoms with van der Waals surface area (Å²) in [6.07, 6.45) is -1.62. The molecule has 7 atom stereocenters. The predicted molar refractivity (Wildman–Crippen MR) is 111 cm³/mol. The summed E-state index contributed by atoms with van der Waals surface area (Å²) in [6, 6.07) is 7.07. The highest BCUT2D eigenvalue weighted by molar-refractivity contribution is 5.99. The Balaban J connectivity index is 1.77. The van der Waals surface area contributed by atoms with Crippen molar-refractivity contribution in [2.24, 2.45) is 5.41 Å². The number of rotatable bonds is 1. The van der Waals surface area contributed by atoms with Crippen LogP contribution in [0.3, 0.4) is 0 Å². The molecule has 3 heterocycles. The van der Waals surface area contributed by atoms with E-state index in [9.17, 15) is 24.9 Å². The van der Waals surface area contributed by atoms with Crippen LogP contribution >= 0.6 is 0 Å². The number of hydrogen-bond donors (Lipinski definition) is 3. The van der Waals surface area contributed by atoms with Crippen molar-refractivity contribution in [2.45, 2.75) is 60.5 Å². The minimum Gasteiger partial charge on any atom is -0.467 e. The minimum atomic E-state index is -2.45. The van der Waals surface area contributed by atoms with Crippen LogP contribution in [-0.2, 0) is 19.7 Å². The molecule has 0 unspecified atom stereocenters. The number of carbonyl (C=O) groups excluding carboxylic acids is 2. The molecule has 3 aliphatic heterocycles. The number of para-hydroxylation sites is 1. The number of methoxy groups -OCH3 is 2. The molecule has 1 aromatic rings. The highest BCUT2D eigenvalue weighted by Gasteiger charge is 2.90. The van der Waals surface area contributed by atoms with E-state index in [1.54, 1.807) is 12.1 Å². The number of aliphatic hydroxyl groups is 3. The van der Waals surface area contributed by atoms with E-state index in [0.29, 0.717) is 38.0 Å². The molecule has 172 valence electrons.